The molecule has 1 fully saturated rings. The number of carbonyl (C=O) groups excluding carboxylic acids is 1. The molecule has 0 N–H and O–H groups in total. The van der Waals surface area contributed by atoms with E-state index < -0.39 is 10.0 Å². The second-order valence-electron chi connectivity index (χ2n) is 7.58. The zero-order chi connectivity index (χ0) is 20.0. The summed E-state index contributed by atoms with van der Waals surface area (Å²) in [5.41, 5.74) is 1.08. The van der Waals surface area contributed by atoms with Crippen LogP contribution in [0.15, 0.2) is 23.1 Å². The van der Waals surface area contributed by atoms with Gasteiger partial charge in [-0.1, -0.05) is 26.3 Å². The number of ether oxygens (including phenoxy) is 1. The molecule has 7 heteroatoms. The number of methoxy groups -OCH3 is 1. The predicted molar refractivity (Wildman–Crippen MR) is 106 cm³/mol. The Labute approximate surface area is 163 Å². The van der Waals surface area contributed by atoms with E-state index in [1.54, 1.807) is 41.4 Å². The first-order valence-electron chi connectivity index (χ1n) is 9.66. The molecule has 0 aromatic heterocycles. The van der Waals surface area contributed by atoms with E-state index in [9.17, 15) is 13.2 Å². The Bertz CT molecular complexity index is 740. The Morgan fingerprint density at radius 1 is 1.22 bits per heavy atom. The van der Waals surface area contributed by atoms with Crippen LogP contribution in [0, 0.1) is 12.8 Å². The van der Waals surface area contributed by atoms with Crippen LogP contribution in [-0.2, 0) is 14.8 Å². The topological polar surface area (TPSA) is 66.9 Å². The van der Waals surface area contributed by atoms with E-state index in [1.165, 1.54) is 0 Å². The van der Waals surface area contributed by atoms with Crippen molar-refractivity contribution in [2.75, 3.05) is 39.9 Å². The van der Waals surface area contributed by atoms with Crippen LogP contribution in [0.4, 0.5) is 0 Å². The summed E-state index contributed by atoms with van der Waals surface area (Å²) in [5, 5.41) is 0. The maximum Gasteiger partial charge on any atom is 0.253 e. The fourth-order valence-electron chi connectivity index (χ4n) is 3.36. The minimum atomic E-state index is -3.58. The van der Waals surface area contributed by atoms with Crippen molar-refractivity contribution in [3.8, 4) is 0 Å². The van der Waals surface area contributed by atoms with Crippen LogP contribution in [0.25, 0.3) is 0 Å². The third-order valence-electron chi connectivity index (χ3n) is 4.81. The molecule has 27 heavy (non-hydrogen) atoms. The molecular weight excluding hydrogens is 364 g/mol. The van der Waals surface area contributed by atoms with Gasteiger partial charge in [0.2, 0.25) is 10.0 Å². The molecule has 0 atom stereocenters. The molecule has 0 unspecified atom stereocenters. The quantitative estimate of drug-likeness (QED) is 0.678. The van der Waals surface area contributed by atoms with Gasteiger partial charge in [-0.05, 0) is 43.4 Å². The third-order valence-corrected chi connectivity index (χ3v) is 6.85. The summed E-state index contributed by atoms with van der Waals surface area (Å²) < 4.78 is 32.8. The third kappa shape index (κ3) is 5.53. The van der Waals surface area contributed by atoms with Gasteiger partial charge in [0.05, 0.1) is 11.5 Å². The number of carbonyl (C=O) groups is 1. The standard InChI is InChI=1S/C20H32N2O4S/c1-16(2)15-21(12-13-26-4)20(23)18-9-8-17(3)19(14-18)27(24,25)22-10-6-5-7-11-22/h8-9,14,16H,5-7,10-13,15H2,1-4H3. The number of piperidine rings is 1. The first-order chi connectivity index (χ1) is 12.8. The van der Waals surface area contributed by atoms with Crippen molar-refractivity contribution in [1.82, 2.24) is 9.21 Å². The average Bonchev–Trinajstić information content (AvgIpc) is 2.65. The lowest BCUT2D eigenvalue weighted by molar-refractivity contribution is 0.0672. The highest BCUT2D eigenvalue weighted by Gasteiger charge is 2.28. The summed E-state index contributed by atoms with van der Waals surface area (Å²) in [6, 6.07) is 4.99. The lowest BCUT2D eigenvalue weighted by Gasteiger charge is -2.27. The highest BCUT2D eigenvalue weighted by atomic mass is 32.2. The van der Waals surface area contributed by atoms with Gasteiger partial charge < -0.3 is 9.64 Å². The molecule has 1 aliphatic rings. The Morgan fingerprint density at radius 3 is 2.48 bits per heavy atom. The van der Waals surface area contributed by atoms with Gasteiger partial charge >= 0.3 is 0 Å². The first kappa shape index (κ1) is 21.9. The smallest absolute Gasteiger partial charge is 0.253 e. The second kappa shape index (κ2) is 9.66. The largest absolute Gasteiger partial charge is 0.383 e. The molecule has 0 aliphatic carbocycles. The number of amides is 1. The lowest BCUT2D eigenvalue weighted by atomic mass is 10.1. The van der Waals surface area contributed by atoms with Crippen molar-refractivity contribution in [3.63, 3.8) is 0 Å². The van der Waals surface area contributed by atoms with Crippen LogP contribution < -0.4 is 0 Å². The minimum Gasteiger partial charge on any atom is -0.383 e. The van der Waals surface area contributed by atoms with Gasteiger partial charge in [-0.25, -0.2) is 8.42 Å². The van der Waals surface area contributed by atoms with Crippen molar-refractivity contribution in [3.05, 3.63) is 29.3 Å². The highest BCUT2D eigenvalue weighted by molar-refractivity contribution is 7.89. The van der Waals surface area contributed by atoms with E-state index in [1.807, 2.05) is 0 Å². The van der Waals surface area contributed by atoms with Crippen LogP contribution in [0.5, 0.6) is 0 Å². The summed E-state index contributed by atoms with van der Waals surface area (Å²) in [4.78, 5) is 15.0. The Balaban J connectivity index is 2.33. The van der Waals surface area contributed by atoms with E-state index in [0.717, 1.165) is 19.3 Å². The normalized spacial score (nSPS) is 15.9. The van der Waals surface area contributed by atoms with Crippen molar-refractivity contribution in [2.45, 2.75) is 44.9 Å². The summed E-state index contributed by atoms with van der Waals surface area (Å²) in [6.07, 6.45) is 2.83. The average molecular weight is 397 g/mol. The maximum absolute atomic E-state index is 13.1. The van der Waals surface area contributed by atoms with Crippen molar-refractivity contribution in [2.24, 2.45) is 5.92 Å². The summed E-state index contributed by atoms with van der Waals surface area (Å²) in [5.74, 6) is 0.156. The maximum atomic E-state index is 13.1. The molecule has 0 radical (unpaired) electrons. The van der Waals surface area contributed by atoms with E-state index >= 15 is 0 Å². The first-order valence-corrected chi connectivity index (χ1v) is 11.1. The molecule has 6 nitrogen and oxygen atoms in total. The fraction of sp³-hybridized carbons (Fsp3) is 0.650. The van der Waals surface area contributed by atoms with Crippen molar-refractivity contribution in [1.29, 1.82) is 0 Å². The number of hydrogen-bond acceptors (Lipinski definition) is 4. The van der Waals surface area contributed by atoms with Crippen LogP contribution in [0.1, 0.15) is 49.0 Å². The molecule has 0 spiro atoms. The molecule has 1 heterocycles. The molecular formula is C20H32N2O4S. The number of sulfonamides is 1. The molecule has 2 rings (SSSR count). The van der Waals surface area contributed by atoms with Crippen LogP contribution in [0.3, 0.4) is 0 Å². The molecule has 1 aromatic carbocycles. The van der Waals surface area contributed by atoms with Gasteiger partial charge in [-0.2, -0.15) is 4.31 Å². The monoisotopic (exact) mass is 396 g/mol. The van der Waals surface area contributed by atoms with Crippen LogP contribution >= 0.6 is 0 Å². The number of benzene rings is 1. The molecule has 1 aromatic rings. The van der Waals surface area contributed by atoms with Gasteiger partial charge in [0.1, 0.15) is 0 Å². The van der Waals surface area contributed by atoms with E-state index in [0.29, 0.717) is 49.8 Å². The van der Waals surface area contributed by atoms with Gasteiger partial charge in [0.15, 0.2) is 0 Å². The zero-order valence-corrected chi connectivity index (χ0v) is 17.7. The van der Waals surface area contributed by atoms with Crippen LogP contribution in [-0.4, -0.2) is 63.4 Å². The fourth-order valence-corrected chi connectivity index (χ4v) is 5.12. The number of rotatable bonds is 8. The van der Waals surface area contributed by atoms with E-state index in [4.69, 9.17) is 4.74 Å². The van der Waals surface area contributed by atoms with Crippen molar-refractivity contribution < 1.29 is 17.9 Å². The van der Waals surface area contributed by atoms with Crippen molar-refractivity contribution >= 4 is 15.9 Å². The summed E-state index contributed by atoms with van der Waals surface area (Å²) in [7, 11) is -1.97. The molecule has 152 valence electrons. The highest BCUT2D eigenvalue weighted by Crippen LogP contribution is 2.25. The number of nitrogens with zero attached hydrogens (tertiary/aromatic N) is 2. The zero-order valence-electron chi connectivity index (χ0n) is 16.9. The minimum absolute atomic E-state index is 0.157. The SMILES string of the molecule is COCCN(CC(C)C)C(=O)c1ccc(C)c(S(=O)(=O)N2CCCCC2)c1. The van der Waals surface area contributed by atoms with Gasteiger partial charge in [-0.15, -0.1) is 0 Å². The van der Waals surface area contributed by atoms with E-state index in [-0.39, 0.29) is 10.8 Å². The second-order valence-corrected chi connectivity index (χ2v) is 9.49. The Kier molecular flexibility index (Phi) is 7.82. The molecule has 1 amide bonds. The molecule has 0 saturated carbocycles. The van der Waals surface area contributed by atoms with E-state index in [2.05, 4.69) is 13.8 Å². The Morgan fingerprint density at radius 2 is 1.89 bits per heavy atom. The van der Waals surface area contributed by atoms with Gasteiger partial charge in [-0.3, -0.25) is 4.79 Å². The van der Waals surface area contributed by atoms with Crippen LogP contribution in [0.2, 0.25) is 0 Å². The number of aryl methyl sites for hydroxylation is 1. The predicted octanol–water partition coefficient (Wildman–Crippen LogP) is 2.91. The summed E-state index contributed by atoms with van der Waals surface area (Å²) >= 11 is 0. The Hall–Kier alpha value is -1.44. The molecule has 1 saturated heterocycles. The molecule has 0 bridgehead atoms. The number of hydrogen-bond donors (Lipinski definition) is 0. The van der Waals surface area contributed by atoms with Gasteiger partial charge in [0.25, 0.3) is 5.91 Å². The molecule has 1 aliphatic heterocycles. The summed E-state index contributed by atoms with van der Waals surface area (Å²) in [6.45, 7) is 8.51. The lowest BCUT2D eigenvalue weighted by Crippen LogP contribution is -2.37. The van der Waals surface area contributed by atoms with Gasteiger partial charge in [0, 0.05) is 38.9 Å².